The summed E-state index contributed by atoms with van der Waals surface area (Å²) in [6, 6.07) is 68.8. The molecule has 3 heteroatoms. The molecule has 2 aliphatic heterocycles. The van der Waals surface area contributed by atoms with Crippen LogP contribution in [0.3, 0.4) is 0 Å². The number of benzene rings is 7. The summed E-state index contributed by atoms with van der Waals surface area (Å²) in [6.07, 6.45) is 0. The van der Waals surface area contributed by atoms with E-state index in [2.05, 4.69) is 201 Å². The number of hydrogen-bond acceptors (Lipinski definition) is 1. The molecular formula is C45H37NPSi-. The van der Waals surface area contributed by atoms with Crippen LogP contribution >= 0.6 is 7.92 Å². The molecule has 0 fully saturated rings. The Kier molecular flexibility index (Phi) is 6.87. The number of hydrogen-bond donors (Lipinski definition) is 0. The summed E-state index contributed by atoms with van der Waals surface area (Å²) < 4.78 is 0. The predicted octanol–water partition coefficient (Wildman–Crippen LogP) is 6.98. The summed E-state index contributed by atoms with van der Waals surface area (Å²) in [5.41, 5.74) is 6.36. The van der Waals surface area contributed by atoms with Gasteiger partial charge >= 0.3 is 287 Å². The molecule has 0 unspecified atom stereocenters. The molecule has 0 bridgehead atoms. The molecule has 0 radical (unpaired) electrons. The van der Waals surface area contributed by atoms with Crippen molar-refractivity contribution in [1.29, 1.82) is 0 Å². The Morgan fingerprint density at radius 2 is 0.854 bits per heavy atom. The second-order valence-electron chi connectivity index (χ2n) is 13.7. The molecule has 9 rings (SSSR count). The van der Waals surface area contributed by atoms with Crippen LogP contribution in [0.25, 0.3) is 0 Å². The molecule has 48 heavy (non-hydrogen) atoms. The van der Waals surface area contributed by atoms with Crippen LogP contribution in [0.15, 0.2) is 182 Å². The van der Waals surface area contributed by atoms with Crippen LogP contribution in [-0.4, -0.2) is 8.07 Å². The first kappa shape index (κ1) is 29.2. The molecule has 7 aromatic rings. The van der Waals surface area contributed by atoms with Gasteiger partial charge in [0.1, 0.15) is 0 Å². The van der Waals surface area contributed by atoms with Gasteiger partial charge in [-0.05, 0) is 0 Å². The Hall–Kier alpha value is -5.01. The van der Waals surface area contributed by atoms with Gasteiger partial charge in [-0.1, -0.05) is 0 Å². The Morgan fingerprint density at radius 3 is 1.35 bits per heavy atom. The first-order valence-electron chi connectivity index (χ1n) is 16.9. The van der Waals surface area contributed by atoms with Crippen molar-refractivity contribution >= 4 is 69.7 Å². The van der Waals surface area contributed by atoms with Gasteiger partial charge in [-0.3, -0.25) is 0 Å². The molecule has 0 aromatic heterocycles. The van der Waals surface area contributed by atoms with Crippen LogP contribution < -0.4 is 41.6 Å². The van der Waals surface area contributed by atoms with Gasteiger partial charge in [-0.25, -0.2) is 0 Å². The second kappa shape index (κ2) is 11.3. The zero-order chi connectivity index (χ0) is 32.3. The topological polar surface area (TPSA) is 3.24 Å². The van der Waals surface area contributed by atoms with Crippen LogP contribution in [0.2, 0.25) is 0 Å². The number of nitrogens with zero attached hydrogens (tertiary/aromatic N) is 1. The van der Waals surface area contributed by atoms with Gasteiger partial charge in [-0.15, -0.1) is 0 Å². The zero-order valence-corrected chi connectivity index (χ0v) is 29.3. The fourth-order valence-corrected chi connectivity index (χ4v) is 18.8. The second-order valence-corrected chi connectivity index (χ2v) is 20.1. The Bertz CT molecular complexity index is 2140. The fourth-order valence-electron chi connectivity index (χ4n) is 8.78. The molecule has 1 nitrogen and oxygen atoms in total. The van der Waals surface area contributed by atoms with Crippen molar-refractivity contribution in [2.75, 3.05) is 4.90 Å². The van der Waals surface area contributed by atoms with Crippen molar-refractivity contribution in [3.05, 3.63) is 193 Å². The van der Waals surface area contributed by atoms with Crippen molar-refractivity contribution in [3.63, 3.8) is 0 Å². The molecule has 232 valence electrons. The molecule has 0 atom stereocenters. The van der Waals surface area contributed by atoms with E-state index in [0.717, 1.165) is 0 Å². The van der Waals surface area contributed by atoms with Crippen molar-refractivity contribution in [3.8, 4) is 0 Å². The summed E-state index contributed by atoms with van der Waals surface area (Å²) >= 11 is 0. The third kappa shape index (κ3) is 4.20. The minimum absolute atomic E-state index is 0.0724. The van der Waals surface area contributed by atoms with E-state index in [-0.39, 0.29) is 5.41 Å². The van der Waals surface area contributed by atoms with Crippen LogP contribution in [0.4, 0.5) is 17.1 Å². The summed E-state index contributed by atoms with van der Waals surface area (Å²) in [6.45, 7) is 4.70. The van der Waals surface area contributed by atoms with Crippen LogP contribution in [-0.2, 0) is 5.41 Å². The van der Waals surface area contributed by atoms with Crippen LogP contribution in [0.1, 0.15) is 25.0 Å². The van der Waals surface area contributed by atoms with Crippen LogP contribution in [0.5, 0.6) is 0 Å². The summed E-state index contributed by atoms with van der Waals surface area (Å²) in [4.78, 5) is 2.46. The van der Waals surface area contributed by atoms with Gasteiger partial charge in [0.2, 0.25) is 0 Å². The van der Waals surface area contributed by atoms with Crippen molar-refractivity contribution in [2.45, 2.75) is 19.3 Å². The molecule has 0 aliphatic carbocycles. The molecule has 0 amide bonds. The fraction of sp³-hybridized carbons (Fsp3) is 0.0667. The van der Waals surface area contributed by atoms with E-state index in [9.17, 15) is 0 Å². The van der Waals surface area contributed by atoms with E-state index in [1.165, 1.54) is 64.8 Å². The maximum absolute atomic E-state index is 3.01. The monoisotopic (exact) mass is 650 g/mol. The predicted molar refractivity (Wildman–Crippen MR) is 211 cm³/mol. The average molecular weight is 651 g/mol. The van der Waals surface area contributed by atoms with Gasteiger partial charge in [0, 0.05) is 0 Å². The Balaban J connectivity index is 1.23. The quantitative estimate of drug-likeness (QED) is 0.147. The normalized spacial score (nSPS) is 17.3. The first-order valence-corrected chi connectivity index (χ1v) is 20.6. The first-order chi connectivity index (χ1) is 23.6. The standard InChI is InChI=1S/C45H37NPSi/c1-45(2)37-21-9-11-23-39(37)46(40-24-12-10-22-38(40)45)33-29-31-34(32-30-33)47-41-25-13-15-27-43(41)48(35-17-5-3-6-18-35,36-19-7-4-8-20-36)44-28-16-14-26-42(44)47/h3-32,48H,1-2H3/q-1. The number of rotatable bonds is 4. The van der Waals surface area contributed by atoms with E-state index in [1.807, 2.05) is 0 Å². The van der Waals surface area contributed by atoms with Crippen molar-refractivity contribution in [2.24, 2.45) is 0 Å². The van der Waals surface area contributed by atoms with E-state index < -0.39 is 16.0 Å². The minimum atomic E-state index is -3.01. The Morgan fingerprint density at radius 1 is 0.438 bits per heavy atom. The van der Waals surface area contributed by atoms with E-state index in [1.54, 1.807) is 0 Å². The SMILES string of the molecule is CC1(C)c2ccccc2N(c2ccc(P3c4ccccc4[SiH-](c4ccccc4)(c4ccccc4)c4ccccc43)cc2)c2ccccc21. The number of anilines is 3. The molecule has 2 aliphatic rings. The molecule has 0 saturated heterocycles. The van der Waals surface area contributed by atoms with Gasteiger partial charge in [-0.2, -0.15) is 0 Å². The van der Waals surface area contributed by atoms with Crippen molar-refractivity contribution in [1.82, 2.24) is 0 Å². The number of fused-ring (bicyclic) bond motifs is 4. The third-order valence-corrected chi connectivity index (χ3v) is 19.6. The average Bonchev–Trinajstić information content (AvgIpc) is 3.15. The maximum atomic E-state index is 2.46. The molecule has 2 heterocycles. The summed E-state index contributed by atoms with van der Waals surface area (Å²) in [5, 5.41) is 10.4. The number of para-hydroxylation sites is 2. The molecule has 7 aromatic carbocycles. The van der Waals surface area contributed by atoms with E-state index >= 15 is 0 Å². The Labute approximate surface area is 285 Å². The van der Waals surface area contributed by atoms with E-state index in [4.69, 9.17) is 0 Å². The van der Waals surface area contributed by atoms with Crippen LogP contribution in [0, 0.1) is 0 Å². The van der Waals surface area contributed by atoms with E-state index in [0.29, 0.717) is 0 Å². The zero-order valence-electron chi connectivity index (χ0n) is 27.3. The van der Waals surface area contributed by atoms with Gasteiger partial charge < -0.3 is 0 Å². The van der Waals surface area contributed by atoms with Crippen molar-refractivity contribution < 1.29 is 0 Å². The molecule has 0 saturated carbocycles. The molecular weight excluding hydrogens is 614 g/mol. The third-order valence-electron chi connectivity index (χ3n) is 10.9. The van der Waals surface area contributed by atoms with Gasteiger partial charge in [0.05, 0.1) is 0 Å². The van der Waals surface area contributed by atoms with Gasteiger partial charge in [0.15, 0.2) is 0 Å². The van der Waals surface area contributed by atoms with Gasteiger partial charge in [0.25, 0.3) is 0 Å². The molecule has 0 spiro atoms. The molecule has 0 N–H and O–H groups in total. The summed E-state index contributed by atoms with van der Waals surface area (Å²) in [7, 11) is -3.77. The summed E-state index contributed by atoms with van der Waals surface area (Å²) in [5.74, 6) is 0.